The lowest BCUT2D eigenvalue weighted by molar-refractivity contribution is -0.150. The van der Waals surface area contributed by atoms with Crippen molar-refractivity contribution in [1.29, 1.82) is 0 Å². The number of aryl methyl sites for hydroxylation is 2. The van der Waals surface area contributed by atoms with Crippen molar-refractivity contribution in [2.24, 2.45) is 5.41 Å². The Morgan fingerprint density at radius 2 is 1.67 bits per heavy atom. The van der Waals surface area contributed by atoms with Crippen LogP contribution in [0, 0.1) is 19.3 Å². The number of carbonyl (C=O) groups is 2. The van der Waals surface area contributed by atoms with E-state index < -0.39 is 11.4 Å². The van der Waals surface area contributed by atoms with Crippen LogP contribution in [-0.4, -0.2) is 23.5 Å². The summed E-state index contributed by atoms with van der Waals surface area (Å²) < 4.78 is 0. The van der Waals surface area contributed by atoms with Gasteiger partial charge in [0.1, 0.15) is 0 Å². The first-order valence-corrected chi connectivity index (χ1v) is 7.53. The van der Waals surface area contributed by atoms with Gasteiger partial charge in [-0.3, -0.25) is 9.59 Å². The molecular formula is C17H23NO3. The highest BCUT2D eigenvalue weighted by molar-refractivity contribution is 5.95. The van der Waals surface area contributed by atoms with E-state index >= 15 is 0 Å². The normalized spacial score (nSPS) is 17.2. The van der Waals surface area contributed by atoms with E-state index in [0.717, 1.165) is 30.4 Å². The van der Waals surface area contributed by atoms with E-state index in [9.17, 15) is 14.7 Å². The average molecular weight is 289 g/mol. The highest BCUT2D eigenvalue weighted by atomic mass is 16.4. The molecule has 0 spiro atoms. The maximum absolute atomic E-state index is 12.3. The molecule has 1 aromatic rings. The van der Waals surface area contributed by atoms with Gasteiger partial charge in [0.25, 0.3) is 5.91 Å². The number of hydrogen-bond donors (Lipinski definition) is 2. The molecule has 1 saturated carbocycles. The van der Waals surface area contributed by atoms with Gasteiger partial charge < -0.3 is 10.4 Å². The second-order valence-electron chi connectivity index (χ2n) is 6.21. The highest BCUT2D eigenvalue weighted by Crippen LogP contribution is 2.36. The predicted octanol–water partition coefficient (Wildman–Crippen LogP) is 3.07. The van der Waals surface area contributed by atoms with Crippen molar-refractivity contribution < 1.29 is 14.7 Å². The lowest BCUT2D eigenvalue weighted by atomic mass is 9.74. The fourth-order valence-corrected chi connectivity index (χ4v) is 3.15. The third-order valence-corrected chi connectivity index (χ3v) is 4.34. The van der Waals surface area contributed by atoms with Gasteiger partial charge in [-0.2, -0.15) is 0 Å². The molecule has 1 fully saturated rings. The van der Waals surface area contributed by atoms with Crippen molar-refractivity contribution in [2.45, 2.75) is 46.0 Å². The van der Waals surface area contributed by atoms with E-state index in [-0.39, 0.29) is 12.5 Å². The van der Waals surface area contributed by atoms with E-state index in [0.29, 0.717) is 18.4 Å². The van der Waals surface area contributed by atoms with E-state index in [1.165, 1.54) is 0 Å². The molecule has 4 nitrogen and oxygen atoms in total. The number of nitrogens with one attached hydrogen (secondary N) is 1. The maximum Gasteiger partial charge on any atom is 0.311 e. The van der Waals surface area contributed by atoms with Crippen LogP contribution >= 0.6 is 0 Å². The van der Waals surface area contributed by atoms with Crippen LogP contribution < -0.4 is 5.32 Å². The highest BCUT2D eigenvalue weighted by Gasteiger charge is 2.39. The van der Waals surface area contributed by atoms with Crippen molar-refractivity contribution in [1.82, 2.24) is 5.32 Å². The summed E-state index contributed by atoms with van der Waals surface area (Å²) in [6.45, 7) is 4.11. The Balaban J connectivity index is 2.06. The number of carboxylic acid groups (broad SMARTS) is 1. The molecule has 114 valence electrons. The summed E-state index contributed by atoms with van der Waals surface area (Å²) in [5.41, 5.74) is 1.88. The molecule has 0 saturated heterocycles. The summed E-state index contributed by atoms with van der Waals surface area (Å²) in [6, 6.07) is 5.67. The first-order valence-electron chi connectivity index (χ1n) is 7.53. The Labute approximate surface area is 125 Å². The van der Waals surface area contributed by atoms with Gasteiger partial charge in [-0.15, -0.1) is 0 Å². The summed E-state index contributed by atoms with van der Waals surface area (Å²) >= 11 is 0. The minimum atomic E-state index is -0.789. The quantitative estimate of drug-likeness (QED) is 0.895. The maximum atomic E-state index is 12.3. The average Bonchev–Trinajstić information content (AvgIpc) is 2.44. The topological polar surface area (TPSA) is 66.4 Å². The zero-order valence-corrected chi connectivity index (χ0v) is 12.7. The van der Waals surface area contributed by atoms with Gasteiger partial charge in [0.2, 0.25) is 0 Å². The zero-order valence-electron chi connectivity index (χ0n) is 12.7. The van der Waals surface area contributed by atoms with Crippen LogP contribution in [0.25, 0.3) is 0 Å². The minimum absolute atomic E-state index is 0.187. The number of carbonyl (C=O) groups excluding carboxylic acids is 1. The van der Waals surface area contributed by atoms with Gasteiger partial charge in [0.15, 0.2) is 0 Å². The molecule has 0 heterocycles. The molecule has 0 aromatic heterocycles. The van der Waals surface area contributed by atoms with Crippen molar-refractivity contribution in [3.63, 3.8) is 0 Å². The molecular weight excluding hydrogens is 266 g/mol. The van der Waals surface area contributed by atoms with E-state index in [4.69, 9.17) is 0 Å². The van der Waals surface area contributed by atoms with Crippen molar-refractivity contribution in [3.05, 3.63) is 34.9 Å². The lowest BCUT2D eigenvalue weighted by Crippen LogP contribution is -2.44. The molecule has 1 amide bonds. The Bertz CT molecular complexity index is 525. The molecule has 0 bridgehead atoms. The first kappa shape index (κ1) is 15.5. The lowest BCUT2D eigenvalue weighted by Gasteiger charge is -2.33. The van der Waals surface area contributed by atoms with Crippen LogP contribution in [0.1, 0.15) is 53.6 Å². The van der Waals surface area contributed by atoms with Crippen LogP contribution in [0.5, 0.6) is 0 Å². The monoisotopic (exact) mass is 289 g/mol. The van der Waals surface area contributed by atoms with Gasteiger partial charge >= 0.3 is 5.97 Å². The fourth-order valence-electron chi connectivity index (χ4n) is 3.15. The van der Waals surface area contributed by atoms with Crippen molar-refractivity contribution in [3.8, 4) is 0 Å². The minimum Gasteiger partial charge on any atom is -0.481 e. The Morgan fingerprint density at radius 3 is 2.19 bits per heavy atom. The third-order valence-electron chi connectivity index (χ3n) is 4.34. The van der Waals surface area contributed by atoms with Gasteiger partial charge in [-0.05, 0) is 38.8 Å². The SMILES string of the molecule is Cc1cc(C)cc(C(=O)NCC2(C(=O)O)CCCCC2)c1. The third kappa shape index (κ3) is 3.63. The summed E-state index contributed by atoms with van der Waals surface area (Å²) in [4.78, 5) is 23.8. The number of carboxylic acids is 1. The second-order valence-corrected chi connectivity index (χ2v) is 6.21. The molecule has 0 atom stereocenters. The number of rotatable bonds is 4. The van der Waals surface area contributed by atoms with E-state index in [1.807, 2.05) is 32.0 Å². The molecule has 4 heteroatoms. The van der Waals surface area contributed by atoms with Gasteiger partial charge in [-0.25, -0.2) is 0 Å². The summed E-state index contributed by atoms with van der Waals surface area (Å²) in [5.74, 6) is -0.976. The Morgan fingerprint density at radius 1 is 1.10 bits per heavy atom. The van der Waals surface area contributed by atoms with Crippen molar-refractivity contribution >= 4 is 11.9 Å². The molecule has 1 aliphatic rings. The number of amides is 1. The molecule has 0 unspecified atom stereocenters. The number of benzene rings is 1. The van der Waals surface area contributed by atoms with Crippen LogP contribution in [0.3, 0.4) is 0 Å². The van der Waals surface area contributed by atoms with Gasteiger partial charge in [0.05, 0.1) is 5.41 Å². The standard InChI is InChI=1S/C17H23NO3/c1-12-8-13(2)10-14(9-12)15(19)18-11-17(16(20)21)6-4-3-5-7-17/h8-10H,3-7,11H2,1-2H3,(H,18,19)(H,20,21). The van der Waals surface area contributed by atoms with Crippen LogP contribution in [0.4, 0.5) is 0 Å². The number of aliphatic carboxylic acids is 1. The zero-order chi connectivity index (χ0) is 15.5. The summed E-state index contributed by atoms with van der Waals surface area (Å²) in [7, 11) is 0. The van der Waals surface area contributed by atoms with Gasteiger partial charge in [0, 0.05) is 12.1 Å². The van der Waals surface area contributed by atoms with Gasteiger partial charge in [-0.1, -0.05) is 36.5 Å². The molecule has 0 radical (unpaired) electrons. The smallest absolute Gasteiger partial charge is 0.311 e. The van der Waals surface area contributed by atoms with Crippen LogP contribution in [0.2, 0.25) is 0 Å². The van der Waals surface area contributed by atoms with E-state index in [1.54, 1.807) is 0 Å². The molecule has 0 aliphatic heterocycles. The second kappa shape index (κ2) is 6.29. The largest absolute Gasteiger partial charge is 0.481 e. The molecule has 2 N–H and O–H groups in total. The van der Waals surface area contributed by atoms with Crippen molar-refractivity contribution in [2.75, 3.05) is 6.54 Å². The van der Waals surface area contributed by atoms with Crippen LogP contribution in [-0.2, 0) is 4.79 Å². The predicted molar refractivity (Wildman–Crippen MR) is 81.4 cm³/mol. The summed E-state index contributed by atoms with van der Waals surface area (Å²) in [5, 5.41) is 12.3. The fraction of sp³-hybridized carbons (Fsp3) is 0.529. The molecule has 2 rings (SSSR count). The summed E-state index contributed by atoms with van der Waals surface area (Å²) in [6.07, 6.45) is 4.22. The first-order chi connectivity index (χ1) is 9.93. The molecule has 1 aliphatic carbocycles. The Hall–Kier alpha value is -1.84. The number of hydrogen-bond acceptors (Lipinski definition) is 2. The van der Waals surface area contributed by atoms with Crippen LogP contribution in [0.15, 0.2) is 18.2 Å². The molecule has 1 aromatic carbocycles. The van der Waals surface area contributed by atoms with E-state index in [2.05, 4.69) is 5.32 Å². The Kier molecular flexibility index (Phi) is 4.66. The molecule has 21 heavy (non-hydrogen) atoms.